The van der Waals surface area contributed by atoms with Crippen LogP contribution in [0.3, 0.4) is 0 Å². The molecule has 8 nitrogen and oxygen atoms in total. The molecule has 0 radical (unpaired) electrons. The maximum Gasteiger partial charge on any atom is 0.243 e. The molecule has 2 aliphatic rings. The normalized spacial score (nSPS) is 19.4. The van der Waals surface area contributed by atoms with Crippen molar-refractivity contribution in [3.8, 4) is 0 Å². The van der Waals surface area contributed by atoms with Gasteiger partial charge in [-0.1, -0.05) is 6.42 Å². The van der Waals surface area contributed by atoms with Crippen molar-refractivity contribution in [1.82, 2.24) is 14.5 Å². The molecule has 2 aromatic rings. The van der Waals surface area contributed by atoms with Gasteiger partial charge in [-0.05, 0) is 74.5 Å². The fourth-order valence-electron chi connectivity index (χ4n) is 4.13. The molecule has 0 aliphatic carbocycles. The third-order valence-electron chi connectivity index (χ3n) is 5.88. The first-order valence-corrected chi connectivity index (χ1v) is 12.9. The van der Waals surface area contributed by atoms with Crippen molar-refractivity contribution in [1.29, 1.82) is 0 Å². The van der Waals surface area contributed by atoms with E-state index in [1.54, 1.807) is 30.5 Å². The number of nitrogens with zero attached hydrogens (tertiary/aromatic N) is 2. The summed E-state index contributed by atoms with van der Waals surface area (Å²) >= 11 is 5.48. The van der Waals surface area contributed by atoms with E-state index >= 15 is 0 Å². The van der Waals surface area contributed by atoms with Crippen molar-refractivity contribution in [3.63, 3.8) is 0 Å². The van der Waals surface area contributed by atoms with E-state index in [4.69, 9.17) is 21.4 Å². The molecule has 2 saturated heterocycles. The number of ether oxygens (including phenoxy) is 1. The highest BCUT2D eigenvalue weighted by Gasteiger charge is 2.26. The number of rotatable bonds is 7. The predicted octanol–water partition coefficient (Wildman–Crippen LogP) is 2.81. The summed E-state index contributed by atoms with van der Waals surface area (Å²) in [6, 6.07) is 10.7. The Hall–Kier alpha value is -1.98. The van der Waals surface area contributed by atoms with Crippen molar-refractivity contribution in [2.45, 2.75) is 30.2 Å². The van der Waals surface area contributed by atoms with Crippen LogP contribution in [0.15, 0.2) is 52.0 Å². The van der Waals surface area contributed by atoms with E-state index in [2.05, 4.69) is 15.5 Å². The lowest BCUT2D eigenvalue weighted by Crippen LogP contribution is -2.41. The lowest BCUT2D eigenvalue weighted by atomic mass is 10.1. The number of hydrogen-bond donors (Lipinski definition) is 2. The standard InChI is InChI=1S/C22H30N4O4S2/c27-32(28,26-12-15-29-16-13-26)19-8-6-18(7-9-19)24-22(31)23-17-20(21-5-4-14-30-21)25-10-2-1-3-11-25/h4-9,14,20H,1-3,10-13,15-17H2,(H2,23,24,31). The number of morpholine rings is 1. The number of hydrogen-bond acceptors (Lipinski definition) is 6. The molecule has 2 N–H and O–H groups in total. The van der Waals surface area contributed by atoms with Gasteiger partial charge < -0.3 is 19.8 Å². The first-order valence-electron chi connectivity index (χ1n) is 11.0. The fraction of sp³-hybridized carbons (Fsp3) is 0.500. The Bertz CT molecular complexity index is 968. The Labute approximate surface area is 195 Å². The van der Waals surface area contributed by atoms with E-state index in [1.165, 1.54) is 23.6 Å². The molecule has 2 fully saturated rings. The summed E-state index contributed by atoms with van der Waals surface area (Å²) in [5.41, 5.74) is 0.732. The van der Waals surface area contributed by atoms with Gasteiger partial charge in [-0.25, -0.2) is 8.42 Å². The number of thiocarbonyl (C=S) groups is 1. The minimum absolute atomic E-state index is 0.117. The molecule has 4 rings (SSSR count). The van der Waals surface area contributed by atoms with Crippen LogP contribution in [-0.4, -0.2) is 68.7 Å². The van der Waals surface area contributed by atoms with Gasteiger partial charge in [0.15, 0.2) is 5.11 Å². The largest absolute Gasteiger partial charge is 0.468 e. The van der Waals surface area contributed by atoms with Gasteiger partial charge in [0.2, 0.25) is 10.0 Å². The summed E-state index contributed by atoms with van der Waals surface area (Å²) in [7, 11) is -3.51. The SMILES string of the molecule is O=S(=O)(c1ccc(NC(=S)NCC(c2ccco2)N2CCCCC2)cc1)N1CCOCC1. The Kier molecular flexibility index (Phi) is 7.80. The summed E-state index contributed by atoms with van der Waals surface area (Å²) in [5.74, 6) is 0.930. The summed E-state index contributed by atoms with van der Waals surface area (Å²) in [6.07, 6.45) is 5.36. The minimum Gasteiger partial charge on any atom is -0.468 e. The van der Waals surface area contributed by atoms with Crippen LogP contribution in [0.25, 0.3) is 0 Å². The molecule has 32 heavy (non-hydrogen) atoms. The van der Waals surface area contributed by atoms with Crippen molar-refractivity contribution in [2.75, 3.05) is 51.3 Å². The molecule has 3 heterocycles. The molecule has 0 bridgehead atoms. The van der Waals surface area contributed by atoms with Crippen LogP contribution in [0.2, 0.25) is 0 Å². The van der Waals surface area contributed by atoms with E-state index < -0.39 is 10.0 Å². The molecule has 0 spiro atoms. The topological polar surface area (TPSA) is 87.0 Å². The van der Waals surface area contributed by atoms with Gasteiger partial charge in [0.25, 0.3) is 0 Å². The van der Waals surface area contributed by atoms with Crippen molar-refractivity contribution in [2.24, 2.45) is 0 Å². The average Bonchev–Trinajstić information content (AvgIpc) is 3.35. The van der Waals surface area contributed by atoms with Gasteiger partial charge in [-0.3, -0.25) is 4.90 Å². The maximum absolute atomic E-state index is 12.8. The number of anilines is 1. The Morgan fingerprint density at radius 3 is 2.41 bits per heavy atom. The van der Waals surface area contributed by atoms with Crippen LogP contribution in [0, 0.1) is 0 Å². The van der Waals surface area contributed by atoms with Crippen LogP contribution < -0.4 is 10.6 Å². The Balaban J connectivity index is 1.34. The van der Waals surface area contributed by atoms with E-state index in [1.807, 2.05) is 12.1 Å². The molecule has 1 aromatic carbocycles. The van der Waals surface area contributed by atoms with E-state index in [0.29, 0.717) is 38.0 Å². The highest BCUT2D eigenvalue weighted by molar-refractivity contribution is 7.89. The molecule has 2 aliphatic heterocycles. The highest BCUT2D eigenvalue weighted by atomic mass is 32.2. The number of piperidine rings is 1. The van der Waals surface area contributed by atoms with Crippen molar-refractivity contribution < 1.29 is 17.6 Å². The van der Waals surface area contributed by atoms with Gasteiger partial charge in [0, 0.05) is 25.3 Å². The zero-order valence-electron chi connectivity index (χ0n) is 18.0. The lowest BCUT2D eigenvalue weighted by molar-refractivity contribution is 0.0730. The number of likely N-dealkylation sites (tertiary alicyclic amines) is 1. The first-order chi connectivity index (χ1) is 15.5. The van der Waals surface area contributed by atoms with Crippen LogP contribution in [0.5, 0.6) is 0 Å². The van der Waals surface area contributed by atoms with E-state index in [9.17, 15) is 8.42 Å². The van der Waals surface area contributed by atoms with Crippen molar-refractivity contribution >= 4 is 33.0 Å². The van der Waals surface area contributed by atoms with Crippen LogP contribution in [0.4, 0.5) is 5.69 Å². The predicted molar refractivity (Wildman–Crippen MR) is 127 cm³/mol. The lowest BCUT2D eigenvalue weighted by Gasteiger charge is -2.33. The molecule has 1 aromatic heterocycles. The second-order valence-corrected chi connectivity index (χ2v) is 10.3. The van der Waals surface area contributed by atoms with Crippen molar-refractivity contribution in [3.05, 3.63) is 48.4 Å². The third-order valence-corrected chi connectivity index (χ3v) is 8.04. The molecule has 0 saturated carbocycles. The number of nitrogens with one attached hydrogen (secondary N) is 2. The second kappa shape index (κ2) is 10.8. The number of furan rings is 1. The van der Waals surface area contributed by atoms with Crippen LogP contribution in [-0.2, 0) is 14.8 Å². The minimum atomic E-state index is -3.51. The van der Waals surface area contributed by atoms with E-state index in [0.717, 1.165) is 24.5 Å². The highest BCUT2D eigenvalue weighted by Crippen LogP contribution is 2.25. The Morgan fingerprint density at radius 2 is 1.75 bits per heavy atom. The van der Waals surface area contributed by atoms with Gasteiger partial charge in [0.1, 0.15) is 5.76 Å². The molecule has 0 amide bonds. The third kappa shape index (κ3) is 5.68. The average molecular weight is 479 g/mol. The molecule has 174 valence electrons. The second-order valence-electron chi connectivity index (χ2n) is 8.00. The summed E-state index contributed by atoms with van der Waals surface area (Å²) < 4.78 is 37.9. The first kappa shape index (κ1) is 23.2. The molecule has 1 unspecified atom stereocenters. The molecule has 1 atom stereocenters. The van der Waals surface area contributed by atoms with Gasteiger partial charge in [-0.15, -0.1) is 0 Å². The van der Waals surface area contributed by atoms with E-state index in [-0.39, 0.29) is 10.9 Å². The quantitative estimate of drug-likeness (QED) is 0.588. The number of sulfonamides is 1. The fourth-order valence-corrected chi connectivity index (χ4v) is 5.74. The summed E-state index contributed by atoms with van der Waals surface area (Å²) in [6.45, 7) is 4.33. The van der Waals surface area contributed by atoms with Crippen LogP contribution in [0.1, 0.15) is 31.1 Å². The molecule has 10 heteroatoms. The smallest absolute Gasteiger partial charge is 0.243 e. The zero-order valence-corrected chi connectivity index (χ0v) is 19.7. The van der Waals surface area contributed by atoms with Gasteiger partial charge >= 0.3 is 0 Å². The number of benzene rings is 1. The Morgan fingerprint density at radius 1 is 1.03 bits per heavy atom. The molecular weight excluding hydrogens is 448 g/mol. The zero-order chi connectivity index (χ0) is 22.4. The van der Waals surface area contributed by atoms with Gasteiger partial charge in [-0.2, -0.15) is 4.31 Å². The monoisotopic (exact) mass is 478 g/mol. The maximum atomic E-state index is 12.8. The summed E-state index contributed by atoms with van der Waals surface area (Å²) in [5, 5.41) is 6.93. The van der Waals surface area contributed by atoms with Gasteiger partial charge in [0.05, 0.1) is 30.4 Å². The van der Waals surface area contributed by atoms with Crippen LogP contribution >= 0.6 is 12.2 Å². The summed E-state index contributed by atoms with van der Waals surface area (Å²) in [4.78, 5) is 2.70. The molecular formula is C22H30N4O4S2.